The van der Waals surface area contributed by atoms with Crippen molar-refractivity contribution in [3.05, 3.63) is 0 Å². The second kappa shape index (κ2) is 7.06. The zero-order valence-electron chi connectivity index (χ0n) is 14.1. The lowest BCUT2D eigenvalue weighted by Crippen LogP contribution is -2.47. The average molecular weight is 338 g/mol. The number of hydrogen-bond acceptors (Lipinski definition) is 5. The van der Waals surface area contributed by atoms with Crippen LogP contribution in [0.25, 0.3) is 0 Å². The van der Waals surface area contributed by atoms with E-state index in [1.54, 1.807) is 0 Å². The number of amides is 4. The number of imide groups is 1. The highest BCUT2D eigenvalue weighted by molar-refractivity contribution is 6.05. The van der Waals surface area contributed by atoms with Crippen molar-refractivity contribution in [1.29, 1.82) is 0 Å². The van der Waals surface area contributed by atoms with Crippen molar-refractivity contribution in [2.75, 3.05) is 6.54 Å². The first-order valence-electron chi connectivity index (χ1n) is 8.74. The second-order valence-corrected chi connectivity index (χ2v) is 7.02. The fraction of sp³-hybridized carbons (Fsp3) is 0.812. The molecule has 2 saturated heterocycles. The maximum absolute atomic E-state index is 12.0. The molecule has 8 heteroatoms. The van der Waals surface area contributed by atoms with Crippen LogP contribution in [0.3, 0.4) is 0 Å². The van der Waals surface area contributed by atoms with E-state index in [0.29, 0.717) is 19.4 Å². The molecule has 6 unspecified atom stereocenters. The molecule has 8 nitrogen and oxygen atoms in total. The van der Waals surface area contributed by atoms with Gasteiger partial charge in [-0.3, -0.25) is 20.2 Å². The lowest BCUT2D eigenvalue weighted by molar-refractivity contribution is -0.126. The molecule has 0 radical (unpaired) electrons. The Balaban J connectivity index is 1.38. The Kier molecular flexibility index (Phi) is 5.05. The van der Waals surface area contributed by atoms with Crippen LogP contribution in [0.5, 0.6) is 0 Å². The smallest absolute Gasteiger partial charge is 0.315 e. The van der Waals surface area contributed by atoms with Crippen LogP contribution in [0, 0.1) is 11.8 Å². The van der Waals surface area contributed by atoms with Crippen LogP contribution in [0.1, 0.15) is 39.5 Å². The van der Waals surface area contributed by atoms with Gasteiger partial charge >= 0.3 is 6.03 Å². The molecule has 3 fully saturated rings. The molecule has 0 aromatic rings. The van der Waals surface area contributed by atoms with E-state index in [-0.39, 0.29) is 54.1 Å². The van der Waals surface area contributed by atoms with E-state index >= 15 is 0 Å². The summed E-state index contributed by atoms with van der Waals surface area (Å²) >= 11 is 0. The molecule has 3 rings (SSSR count). The highest BCUT2D eigenvalue weighted by Crippen LogP contribution is 2.34. The lowest BCUT2D eigenvalue weighted by atomic mass is 9.78. The van der Waals surface area contributed by atoms with Gasteiger partial charge in [0.15, 0.2) is 0 Å². The number of urea groups is 1. The maximum Gasteiger partial charge on any atom is 0.315 e. The Labute approximate surface area is 141 Å². The molecule has 2 heterocycles. The Morgan fingerprint density at radius 2 is 1.96 bits per heavy atom. The Morgan fingerprint density at radius 1 is 1.21 bits per heavy atom. The lowest BCUT2D eigenvalue weighted by Gasteiger charge is -2.29. The van der Waals surface area contributed by atoms with Gasteiger partial charge < -0.3 is 15.4 Å². The molecule has 134 valence electrons. The molecule has 0 aromatic heterocycles. The second-order valence-electron chi connectivity index (χ2n) is 7.02. The number of carbonyl (C=O) groups excluding carboxylic acids is 3. The van der Waals surface area contributed by atoms with Gasteiger partial charge in [0, 0.05) is 18.6 Å². The molecule has 0 bridgehead atoms. The average Bonchev–Trinajstić information content (AvgIpc) is 2.98. The molecule has 0 aromatic carbocycles. The molecule has 6 atom stereocenters. The number of ether oxygens (including phenoxy) is 1. The maximum atomic E-state index is 12.0. The summed E-state index contributed by atoms with van der Waals surface area (Å²) in [7, 11) is 0. The number of nitrogens with one attached hydrogen (secondary N) is 4. The van der Waals surface area contributed by atoms with E-state index in [9.17, 15) is 14.4 Å². The molecule has 24 heavy (non-hydrogen) atoms. The summed E-state index contributed by atoms with van der Waals surface area (Å²) in [6, 6.07) is -0.0403. The molecule has 1 aliphatic carbocycles. The van der Waals surface area contributed by atoms with Crippen molar-refractivity contribution in [2.24, 2.45) is 11.8 Å². The van der Waals surface area contributed by atoms with Crippen LogP contribution in [-0.2, 0) is 14.3 Å². The van der Waals surface area contributed by atoms with Crippen molar-refractivity contribution >= 4 is 17.8 Å². The molecule has 0 spiro atoms. The van der Waals surface area contributed by atoms with Crippen LogP contribution in [0.2, 0.25) is 0 Å². The van der Waals surface area contributed by atoms with Crippen LogP contribution in [-0.4, -0.2) is 48.8 Å². The molecule has 2 aliphatic heterocycles. The minimum absolute atomic E-state index is 0.0503. The SMILES string of the molecule is CC1NC(CCNC(=O)NC2CCC3C(=O)NC(=O)C3C2)C(C)O1. The van der Waals surface area contributed by atoms with Gasteiger partial charge in [-0.15, -0.1) is 0 Å². The topological polar surface area (TPSA) is 109 Å². The zero-order chi connectivity index (χ0) is 17.3. The predicted octanol–water partition coefficient (Wildman–Crippen LogP) is -0.160. The van der Waals surface area contributed by atoms with E-state index in [1.807, 2.05) is 13.8 Å². The van der Waals surface area contributed by atoms with Crippen LogP contribution >= 0.6 is 0 Å². The summed E-state index contributed by atoms with van der Waals surface area (Å²) in [5.41, 5.74) is 0. The summed E-state index contributed by atoms with van der Waals surface area (Å²) in [5.74, 6) is -0.871. The number of carbonyl (C=O) groups is 3. The van der Waals surface area contributed by atoms with E-state index in [2.05, 4.69) is 21.3 Å². The Bertz CT molecular complexity index is 526. The van der Waals surface area contributed by atoms with Crippen molar-refractivity contribution in [3.63, 3.8) is 0 Å². The Hall–Kier alpha value is -1.67. The highest BCUT2D eigenvalue weighted by Gasteiger charge is 2.45. The van der Waals surface area contributed by atoms with Crippen molar-refractivity contribution in [1.82, 2.24) is 21.3 Å². The van der Waals surface area contributed by atoms with E-state index in [4.69, 9.17) is 4.74 Å². The van der Waals surface area contributed by atoms with Gasteiger partial charge in [0.2, 0.25) is 11.8 Å². The summed E-state index contributed by atoms with van der Waals surface area (Å²) in [6.07, 6.45) is 2.88. The first-order chi connectivity index (χ1) is 11.4. The van der Waals surface area contributed by atoms with Crippen LogP contribution in [0.15, 0.2) is 0 Å². The molecule has 1 saturated carbocycles. The molecular formula is C16H26N4O4. The number of rotatable bonds is 4. The summed E-state index contributed by atoms with van der Waals surface area (Å²) in [5, 5.41) is 11.5. The quantitative estimate of drug-likeness (QED) is 0.533. The monoisotopic (exact) mass is 338 g/mol. The summed E-state index contributed by atoms with van der Waals surface area (Å²) < 4.78 is 5.61. The first kappa shape index (κ1) is 17.2. The fourth-order valence-corrected chi connectivity index (χ4v) is 4.00. The third-order valence-electron chi connectivity index (χ3n) is 5.28. The highest BCUT2D eigenvalue weighted by atomic mass is 16.5. The van der Waals surface area contributed by atoms with Crippen molar-refractivity contribution < 1.29 is 19.1 Å². The van der Waals surface area contributed by atoms with Crippen molar-refractivity contribution in [2.45, 2.75) is 63.9 Å². The van der Waals surface area contributed by atoms with Gasteiger partial charge in [-0.2, -0.15) is 0 Å². The molecule has 3 aliphatic rings. The standard InChI is InChI=1S/C16H26N4O4/c1-8-13(18-9(2)24-8)5-6-17-16(23)19-10-3-4-11-12(7-10)15(22)20-14(11)21/h8-13,18H,3-7H2,1-2H3,(H2,17,19,23)(H,20,21,22). The molecule has 4 amide bonds. The normalized spacial score (nSPS) is 38.6. The third-order valence-corrected chi connectivity index (χ3v) is 5.28. The minimum Gasteiger partial charge on any atom is -0.359 e. The van der Waals surface area contributed by atoms with Gasteiger partial charge in [-0.1, -0.05) is 0 Å². The van der Waals surface area contributed by atoms with E-state index in [0.717, 1.165) is 12.8 Å². The van der Waals surface area contributed by atoms with Gasteiger partial charge in [-0.05, 0) is 39.5 Å². The first-order valence-corrected chi connectivity index (χ1v) is 8.74. The molecule has 4 N–H and O–H groups in total. The number of hydrogen-bond donors (Lipinski definition) is 4. The zero-order valence-corrected chi connectivity index (χ0v) is 14.1. The third kappa shape index (κ3) is 3.70. The van der Waals surface area contributed by atoms with Gasteiger partial charge in [-0.25, -0.2) is 4.79 Å². The fourth-order valence-electron chi connectivity index (χ4n) is 4.00. The summed E-state index contributed by atoms with van der Waals surface area (Å²) in [6.45, 7) is 4.55. The van der Waals surface area contributed by atoms with Crippen LogP contribution in [0.4, 0.5) is 4.79 Å². The molecular weight excluding hydrogens is 312 g/mol. The number of fused-ring (bicyclic) bond motifs is 1. The Morgan fingerprint density at radius 3 is 2.67 bits per heavy atom. The minimum atomic E-state index is -0.293. The van der Waals surface area contributed by atoms with Gasteiger partial charge in [0.1, 0.15) is 6.23 Å². The van der Waals surface area contributed by atoms with Crippen LogP contribution < -0.4 is 21.3 Å². The van der Waals surface area contributed by atoms with Gasteiger partial charge in [0.25, 0.3) is 0 Å². The van der Waals surface area contributed by atoms with Gasteiger partial charge in [0.05, 0.1) is 17.9 Å². The van der Waals surface area contributed by atoms with E-state index in [1.165, 1.54) is 0 Å². The predicted molar refractivity (Wildman–Crippen MR) is 85.9 cm³/mol. The summed E-state index contributed by atoms with van der Waals surface area (Å²) in [4.78, 5) is 35.4. The van der Waals surface area contributed by atoms with Crippen molar-refractivity contribution in [3.8, 4) is 0 Å². The largest absolute Gasteiger partial charge is 0.359 e. The van der Waals surface area contributed by atoms with E-state index < -0.39 is 0 Å².